The molecule has 2 N–H and O–H groups in total. The van der Waals surface area contributed by atoms with Crippen LogP contribution in [0.15, 0.2) is 30.3 Å². The lowest BCUT2D eigenvalue weighted by atomic mass is 10.1. The Labute approximate surface area is 136 Å². The van der Waals surface area contributed by atoms with E-state index in [-0.39, 0.29) is 23.8 Å². The molecule has 6 heteroatoms. The van der Waals surface area contributed by atoms with Crippen LogP contribution in [0.3, 0.4) is 0 Å². The minimum absolute atomic E-state index is 0.0223. The van der Waals surface area contributed by atoms with Crippen molar-refractivity contribution in [3.63, 3.8) is 0 Å². The van der Waals surface area contributed by atoms with E-state index in [0.717, 1.165) is 6.42 Å². The van der Waals surface area contributed by atoms with Gasteiger partial charge < -0.3 is 10.2 Å². The number of imide groups is 1. The SMILES string of the molecule is CCN(CCCN[C@@H]1CCC(=O)NC1=O)C(=O)c1ccccc1. The molecule has 23 heavy (non-hydrogen) atoms. The van der Waals surface area contributed by atoms with Gasteiger partial charge in [-0.3, -0.25) is 19.7 Å². The first kappa shape index (κ1) is 17.1. The van der Waals surface area contributed by atoms with E-state index in [1.54, 1.807) is 4.90 Å². The van der Waals surface area contributed by atoms with E-state index in [0.29, 0.717) is 38.0 Å². The Kier molecular flexibility index (Phi) is 6.29. The average Bonchev–Trinajstić information content (AvgIpc) is 2.57. The number of hydrogen-bond acceptors (Lipinski definition) is 4. The summed E-state index contributed by atoms with van der Waals surface area (Å²) >= 11 is 0. The fourth-order valence-corrected chi connectivity index (χ4v) is 2.60. The molecule has 0 saturated carbocycles. The van der Waals surface area contributed by atoms with E-state index in [2.05, 4.69) is 10.6 Å². The number of nitrogens with one attached hydrogen (secondary N) is 2. The molecule has 0 bridgehead atoms. The molecule has 1 aromatic rings. The Balaban J connectivity index is 1.75. The highest BCUT2D eigenvalue weighted by Gasteiger charge is 2.25. The van der Waals surface area contributed by atoms with Crippen molar-refractivity contribution < 1.29 is 14.4 Å². The van der Waals surface area contributed by atoms with Crippen molar-refractivity contribution in [2.75, 3.05) is 19.6 Å². The zero-order chi connectivity index (χ0) is 16.7. The van der Waals surface area contributed by atoms with E-state index >= 15 is 0 Å². The molecule has 1 atom stereocenters. The summed E-state index contributed by atoms with van der Waals surface area (Å²) in [4.78, 5) is 36.9. The molecule has 3 amide bonds. The highest BCUT2D eigenvalue weighted by atomic mass is 16.2. The molecule has 1 heterocycles. The molecular weight excluding hydrogens is 294 g/mol. The molecular formula is C17H23N3O3. The molecule has 0 aromatic heterocycles. The Bertz CT molecular complexity index is 559. The molecule has 0 aliphatic carbocycles. The van der Waals surface area contributed by atoms with Crippen LogP contribution in [0.25, 0.3) is 0 Å². The lowest BCUT2D eigenvalue weighted by molar-refractivity contribution is -0.134. The van der Waals surface area contributed by atoms with Gasteiger partial charge in [-0.15, -0.1) is 0 Å². The number of nitrogens with zero attached hydrogens (tertiary/aromatic N) is 1. The number of carbonyl (C=O) groups excluding carboxylic acids is 3. The molecule has 2 rings (SSSR count). The van der Waals surface area contributed by atoms with Gasteiger partial charge in [0.15, 0.2) is 0 Å². The fourth-order valence-electron chi connectivity index (χ4n) is 2.60. The van der Waals surface area contributed by atoms with Crippen LogP contribution in [-0.2, 0) is 9.59 Å². The van der Waals surface area contributed by atoms with Gasteiger partial charge in [0.25, 0.3) is 5.91 Å². The molecule has 6 nitrogen and oxygen atoms in total. The summed E-state index contributed by atoms with van der Waals surface area (Å²) in [5, 5.41) is 5.47. The number of carbonyl (C=O) groups is 3. The summed E-state index contributed by atoms with van der Waals surface area (Å²) in [5.74, 6) is -0.443. The molecule has 0 spiro atoms. The van der Waals surface area contributed by atoms with Gasteiger partial charge in [0.2, 0.25) is 11.8 Å². The predicted octanol–water partition coefficient (Wildman–Crippen LogP) is 0.934. The van der Waals surface area contributed by atoms with Gasteiger partial charge in [-0.2, -0.15) is 0 Å². The molecule has 1 aliphatic rings. The summed E-state index contributed by atoms with van der Waals surface area (Å²) in [6.45, 7) is 3.86. The topological polar surface area (TPSA) is 78.5 Å². The second kappa shape index (κ2) is 8.43. The van der Waals surface area contributed by atoms with E-state index in [9.17, 15) is 14.4 Å². The van der Waals surface area contributed by atoms with Gasteiger partial charge in [-0.25, -0.2) is 0 Å². The number of piperidine rings is 1. The third-order valence-corrected chi connectivity index (χ3v) is 3.92. The zero-order valence-electron chi connectivity index (χ0n) is 13.4. The fraction of sp³-hybridized carbons (Fsp3) is 0.471. The van der Waals surface area contributed by atoms with E-state index in [1.807, 2.05) is 37.3 Å². The maximum absolute atomic E-state index is 12.4. The normalized spacial score (nSPS) is 17.7. The Morgan fingerprint density at radius 1 is 1.30 bits per heavy atom. The molecule has 1 fully saturated rings. The third-order valence-electron chi connectivity index (χ3n) is 3.92. The van der Waals surface area contributed by atoms with Crippen molar-refractivity contribution in [2.45, 2.75) is 32.2 Å². The second-order valence-corrected chi connectivity index (χ2v) is 5.56. The maximum Gasteiger partial charge on any atom is 0.253 e. The third kappa shape index (κ3) is 4.89. The van der Waals surface area contributed by atoms with Crippen LogP contribution in [0.4, 0.5) is 0 Å². The lowest BCUT2D eigenvalue weighted by Crippen LogP contribution is -2.51. The lowest BCUT2D eigenvalue weighted by Gasteiger charge is -2.24. The summed E-state index contributed by atoms with van der Waals surface area (Å²) in [6, 6.07) is 8.90. The van der Waals surface area contributed by atoms with Crippen molar-refractivity contribution in [1.82, 2.24) is 15.5 Å². The van der Waals surface area contributed by atoms with Crippen molar-refractivity contribution in [2.24, 2.45) is 0 Å². The highest BCUT2D eigenvalue weighted by Crippen LogP contribution is 2.06. The number of amides is 3. The Hall–Kier alpha value is -2.21. The van der Waals surface area contributed by atoms with Crippen LogP contribution in [0.5, 0.6) is 0 Å². The highest BCUT2D eigenvalue weighted by molar-refractivity contribution is 6.00. The molecule has 0 radical (unpaired) electrons. The molecule has 124 valence electrons. The standard InChI is InChI=1S/C17H23N3O3/c1-2-20(17(23)13-7-4-3-5-8-13)12-6-11-18-14-9-10-15(21)19-16(14)22/h3-5,7-8,14,18H,2,6,9-12H2,1H3,(H,19,21,22)/t14-/m1/s1. The van der Waals surface area contributed by atoms with Crippen LogP contribution in [-0.4, -0.2) is 48.3 Å². The van der Waals surface area contributed by atoms with Gasteiger partial charge in [0.05, 0.1) is 6.04 Å². The van der Waals surface area contributed by atoms with Crippen LogP contribution >= 0.6 is 0 Å². The van der Waals surface area contributed by atoms with Crippen molar-refractivity contribution in [1.29, 1.82) is 0 Å². The van der Waals surface area contributed by atoms with Crippen LogP contribution < -0.4 is 10.6 Å². The first-order chi connectivity index (χ1) is 11.1. The van der Waals surface area contributed by atoms with Crippen molar-refractivity contribution >= 4 is 17.7 Å². The maximum atomic E-state index is 12.4. The van der Waals surface area contributed by atoms with Gasteiger partial charge in [-0.05, 0) is 38.4 Å². The summed E-state index contributed by atoms with van der Waals surface area (Å²) < 4.78 is 0. The molecule has 0 unspecified atom stereocenters. The average molecular weight is 317 g/mol. The van der Waals surface area contributed by atoms with Crippen LogP contribution in [0.2, 0.25) is 0 Å². The predicted molar refractivity (Wildman–Crippen MR) is 86.8 cm³/mol. The second-order valence-electron chi connectivity index (χ2n) is 5.56. The zero-order valence-corrected chi connectivity index (χ0v) is 13.4. The van der Waals surface area contributed by atoms with Gasteiger partial charge in [0, 0.05) is 25.1 Å². The van der Waals surface area contributed by atoms with E-state index in [4.69, 9.17) is 0 Å². The summed E-state index contributed by atoms with van der Waals surface area (Å²) in [6.07, 6.45) is 1.66. The number of hydrogen-bond donors (Lipinski definition) is 2. The molecule has 1 aromatic carbocycles. The summed E-state index contributed by atoms with van der Waals surface area (Å²) in [5.41, 5.74) is 0.687. The number of rotatable bonds is 7. The van der Waals surface area contributed by atoms with E-state index < -0.39 is 0 Å². The van der Waals surface area contributed by atoms with E-state index in [1.165, 1.54) is 0 Å². The van der Waals surface area contributed by atoms with Gasteiger partial charge >= 0.3 is 0 Å². The smallest absolute Gasteiger partial charge is 0.253 e. The number of benzene rings is 1. The molecule has 1 saturated heterocycles. The molecule has 1 aliphatic heterocycles. The first-order valence-corrected chi connectivity index (χ1v) is 8.03. The van der Waals surface area contributed by atoms with Crippen LogP contribution in [0, 0.1) is 0 Å². The quantitative estimate of drug-likeness (QED) is 0.579. The van der Waals surface area contributed by atoms with Gasteiger partial charge in [-0.1, -0.05) is 18.2 Å². The minimum Gasteiger partial charge on any atom is -0.339 e. The van der Waals surface area contributed by atoms with Crippen molar-refractivity contribution in [3.05, 3.63) is 35.9 Å². The first-order valence-electron chi connectivity index (χ1n) is 8.03. The van der Waals surface area contributed by atoms with Crippen molar-refractivity contribution in [3.8, 4) is 0 Å². The monoisotopic (exact) mass is 317 g/mol. The Morgan fingerprint density at radius 2 is 2.04 bits per heavy atom. The Morgan fingerprint density at radius 3 is 2.70 bits per heavy atom. The van der Waals surface area contributed by atoms with Gasteiger partial charge in [0.1, 0.15) is 0 Å². The largest absolute Gasteiger partial charge is 0.339 e. The minimum atomic E-state index is -0.312. The summed E-state index contributed by atoms with van der Waals surface area (Å²) in [7, 11) is 0. The van der Waals surface area contributed by atoms with Crippen LogP contribution in [0.1, 0.15) is 36.5 Å².